The van der Waals surface area contributed by atoms with E-state index in [2.05, 4.69) is 18.2 Å². The lowest BCUT2D eigenvalue weighted by Crippen LogP contribution is -1.85. The maximum atomic E-state index is 5.28. The topological polar surface area (TPSA) is 9.23 Å². The molecule has 0 saturated carbocycles. The average molecular weight is 108 g/mol. The van der Waals surface area contributed by atoms with Crippen LogP contribution in [0.5, 0.6) is 0 Å². The number of fused-ring (bicyclic) bond motifs is 1. The van der Waals surface area contributed by atoms with Gasteiger partial charge in [-0.25, -0.2) is 0 Å². The molecule has 1 aliphatic heterocycles. The van der Waals surface area contributed by atoms with E-state index in [0.29, 0.717) is 5.92 Å². The van der Waals surface area contributed by atoms with E-state index in [1.165, 1.54) is 12.2 Å². The van der Waals surface area contributed by atoms with Crippen LogP contribution in [0.2, 0.25) is 0 Å². The summed E-state index contributed by atoms with van der Waals surface area (Å²) in [6.07, 6.45) is 7.50. The van der Waals surface area contributed by atoms with Crippen molar-refractivity contribution in [1.29, 1.82) is 0 Å². The van der Waals surface area contributed by atoms with Crippen molar-refractivity contribution >= 4 is 0 Å². The van der Waals surface area contributed by atoms with Gasteiger partial charge in [0.05, 0.1) is 6.61 Å². The molecule has 1 heteroatoms. The van der Waals surface area contributed by atoms with Gasteiger partial charge in [0.1, 0.15) is 5.76 Å². The van der Waals surface area contributed by atoms with E-state index in [9.17, 15) is 0 Å². The van der Waals surface area contributed by atoms with Crippen LogP contribution in [0.1, 0.15) is 6.42 Å². The van der Waals surface area contributed by atoms with Crippen molar-refractivity contribution in [2.45, 2.75) is 6.42 Å². The van der Waals surface area contributed by atoms with Gasteiger partial charge in [-0.2, -0.15) is 0 Å². The summed E-state index contributed by atoms with van der Waals surface area (Å²) < 4.78 is 5.28. The van der Waals surface area contributed by atoms with Crippen LogP contribution in [0.4, 0.5) is 0 Å². The van der Waals surface area contributed by atoms with Crippen LogP contribution in [0, 0.1) is 5.92 Å². The van der Waals surface area contributed by atoms with E-state index < -0.39 is 0 Å². The summed E-state index contributed by atoms with van der Waals surface area (Å²) >= 11 is 0. The summed E-state index contributed by atoms with van der Waals surface area (Å²) in [7, 11) is 0. The second-order valence-electron chi connectivity index (χ2n) is 2.20. The molecule has 42 valence electrons. The van der Waals surface area contributed by atoms with Crippen LogP contribution in [-0.4, -0.2) is 6.61 Å². The maximum absolute atomic E-state index is 5.28. The first-order valence-corrected chi connectivity index (χ1v) is 2.98. The molecule has 1 aliphatic carbocycles. The van der Waals surface area contributed by atoms with Gasteiger partial charge in [-0.1, -0.05) is 12.2 Å². The van der Waals surface area contributed by atoms with Crippen LogP contribution in [0.25, 0.3) is 0 Å². The molecule has 0 radical (unpaired) electrons. The third-order valence-electron chi connectivity index (χ3n) is 1.67. The molecule has 1 unspecified atom stereocenters. The Morgan fingerprint density at radius 3 is 3.50 bits per heavy atom. The largest absolute Gasteiger partial charge is 0.497 e. The Morgan fingerprint density at radius 1 is 1.62 bits per heavy atom. The molecule has 0 amide bonds. The van der Waals surface area contributed by atoms with E-state index in [1.54, 1.807) is 0 Å². The molecule has 0 spiro atoms. The third-order valence-corrected chi connectivity index (χ3v) is 1.67. The highest BCUT2D eigenvalue weighted by Gasteiger charge is 2.21. The van der Waals surface area contributed by atoms with Crippen LogP contribution < -0.4 is 0 Å². The molecule has 0 bridgehead atoms. The summed E-state index contributed by atoms with van der Waals surface area (Å²) in [5, 5.41) is 0. The summed E-state index contributed by atoms with van der Waals surface area (Å²) in [4.78, 5) is 0. The molecular formula is C7H8O. The Hall–Kier alpha value is -0.720. The van der Waals surface area contributed by atoms with E-state index >= 15 is 0 Å². The summed E-state index contributed by atoms with van der Waals surface area (Å²) in [6.45, 7) is 0.918. The Kier molecular flexibility index (Phi) is 0.720. The number of allylic oxidation sites excluding steroid dienone is 3. The van der Waals surface area contributed by atoms with Gasteiger partial charge in [0.2, 0.25) is 0 Å². The van der Waals surface area contributed by atoms with E-state index in [1.807, 2.05) is 0 Å². The molecule has 1 saturated heterocycles. The van der Waals surface area contributed by atoms with Gasteiger partial charge in [0, 0.05) is 5.92 Å². The maximum Gasteiger partial charge on any atom is 0.103 e. The molecule has 1 fully saturated rings. The molecule has 1 heterocycles. The van der Waals surface area contributed by atoms with E-state index in [4.69, 9.17) is 4.74 Å². The standard InChI is InChI=1S/C7H8O/c1-2-6-4-5-8-7(6)3-1/h1-3,6H,4-5H2. The minimum atomic E-state index is 0.634. The highest BCUT2D eigenvalue weighted by atomic mass is 16.5. The van der Waals surface area contributed by atoms with Crippen molar-refractivity contribution in [3.8, 4) is 0 Å². The Balaban J connectivity index is 2.29. The van der Waals surface area contributed by atoms with Crippen molar-refractivity contribution in [2.24, 2.45) is 5.92 Å². The minimum absolute atomic E-state index is 0.634. The van der Waals surface area contributed by atoms with E-state index in [0.717, 1.165) is 6.61 Å². The molecule has 1 nitrogen and oxygen atoms in total. The first kappa shape index (κ1) is 4.19. The van der Waals surface area contributed by atoms with Gasteiger partial charge in [-0.3, -0.25) is 0 Å². The lowest BCUT2D eigenvalue weighted by atomic mass is 10.1. The van der Waals surface area contributed by atoms with Crippen molar-refractivity contribution in [1.82, 2.24) is 0 Å². The zero-order valence-corrected chi connectivity index (χ0v) is 4.63. The third kappa shape index (κ3) is 0.414. The predicted molar refractivity (Wildman–Crippen MR) is 31.3 cm³/mol. The van der Waals surface area contributed by atoms with Crippen molar-refractivity contribution in [2.75, 3.05) is 6.61 Å². The number of ether oxygens (including phenoxy) is 1. The lowest BCUT2D eigenvalue weighted by molar-refractivity contribution is 0.262. The summed E-state index contributed by atoms with van der Waals surface area (Å²) in [5.41, 5.74) is 0. The van der Waals surface area contributed by atoms with Gasteiger partial charge in [-0.05, 0) is 12.5 Å². The number of hydrogen-bond donors (Lipinski definition) is 0. The molecule has 1 atom stereocenters. The molecular weight excluding hydrogens is 100 g/mol. The van der Waals surface area contributed by atoms with Gasteiger partial charge in [-0.15, -0.1) is 0 Å². The normalized spacial score (nSPS) is 32.0. The average Bonchev–Trinajstić information content (AvgIpc) is 2.15. The zero-order valence-electron chi connectivity index (χ0n) is 4.63. The monoisotopic (exact) mass is 108 g/mol. The van der Waals surface area contributed by atoms with Crippen LogP contribution in [0.3, 0.4) is 0 Å². The Labute approximate surface area is 48.7 Å². The Bertz CT molecular complexity index is 156. The highest BCUT2D eigenvalue weighted by Crippen LogP contribution is 2.29. The van der Waals surface area contributed by atoms with Crippen molar-refractivity contribution < 1.29 is 4.74 Å². The molecule has 0 aromatic rings. The first-order valence-electron chi connectivity index (χ1n) is 2.98. The highest BCUT2D eigenvalue weighted by molar-refractivity contribution is 5.24. The molecule has 0 aromatic heterocycles. The summed E-state index contributed by atoms with van der Waals surface area (Å²) in [5.74, 6) is 1.81. The quantitative estimate of drug-likeness (QED) is 0.456. The number of rotatable bonds is 0. The fourth-order valence-electron chi connectivity index (χ4n) is 1.20. The van der Waals surface area contributed by atoms with Gasteiger partial charge in [0.25, 0.3) is 0 Å². The minimum Gasteiger partial charge on any atom is -0.497 e. The van der Waals surface area contributed by atoms with Gasteiger partial charge < -0.3 is 4.74 Å². The zero-order chi connectivity index (χ0) is 5.40. The molecule has 0 N–H and O–H groups in total. The summed E-state index contributed by atoms with van der Waals surface area (Å²) in [6, 6.07) is 0. The smallest absolute Gasteiger partial charge is 0.103 e. The van der Waals surface area contributed by atoms with E-state index in [-0.39, 0.29) is 0 Å². The lowest BCUT2D eigenvalue weighted by Gasteiger charge is -1.95. The van der Waals surface area contributed by atoms with Gasteiger partial charge >= 0.3 is 0 Å². The van der Waals surface area contributed by atoms with Gasteiger partial charge in [0.15, 0.2) is 0 Å². The fourth-order valence-corrected chi connectivity index (χ4v) is 1.20. The number of hydrogen-bond acceptors (Lipinski definition) is 1. The molecule has 2 aliphatic rings. The van der Waals surface area contributed by atoms with Crippen molar-refractivity contribution in [3.05, 3.63) is 24.0 Å². The second-order valence-corrected chi connectivity index (χ2v) is 2.20. The van der Waals surface area contributed by atoms with Crippen LogP contribution >= 0.6 is 0 Å². The predicted octanol–water partition coefficient (Wildman–Crippen LogP) is 1.48. The van der Waals surface area contributed by atoms with Crippen LogP contribution in [-0.2, 0) is 4.74 Å². The molecule has 2 rings (SSSR count). The fraction of sp³-hybridized carbons (Fsp3) is 0.429. The second kappa shape index (κ2) is 1.38. The first-order chi connectivity index (χ1) is 3.97. The van der Waals surface area contributed by atoms with Crippen molar-refractivity contribution in [3.63, 3.8) is 0 Å². The molecule has 8 heavy (non-hydrogen) atoms. The Morgan fingerprint density at radius 2 is 2.62 bits per heavy atom. The van der Waals surface area contributed by atoms with Crippen LogP contribution in [0.15, 0.2) is 24.0 Å². The molecule has 0 aromatic carbocycles. The SMILES string of the molecule is C1=CC2CCOC2=C1.